The summed E-state index contributed by atoms with van der Waals surface area (Å²) in [5, 5.41) is 8.26. The molecule has 0 saturated carbocycles. The van der Waals surface area contributed by atoms with Crippen molar-refractivity contribution in [3.63, 3.8) is 0 Å². The lowest BCUT2D eigenvalue weighted by molar-refractivity contribution is -0.143. The molecule has 0 bridgehead atoms. The van der Waals surface area contributed by atoms with E-state index < -0.39 is 27.8 Å². The summed E-state index contributed by atoms with van der Waals surface area (Å²) in [7, 11) is -2.57. The predicted octanol–water partition coefficient (Wildman–Crippen LogP) is -0.373. The quantitative estimate of drug-likeness (QED) is 0.654. The van der Waals surface area contributed by atoms with Crippen LogP contribution in [0.1, 0.15) is 13.8 Å². The lowest BCUT2D eigenvalue weighted by atomic mass is 10.1. The summed E-state index contributed by atoms with van der Waals surface area (Å²) in [6, 6.07) is 0.556. The highest BCUT2D eigenvalue weighted by molar-refractivity contribution is 7.89. The molecule has 0 radical (unpaired) electrons. The van der Waals surface area contributed by atoms with Gasteiger partial charge in [-0.1, -0.05) is 13.8 Å². The Kier molecular flexibility index (Phi) is 5.25. The highest BCUT2D eigenvalue weighted by Gasteiger charge is 2.27. The molecule has 0 fully saturated rings. The molecule has 0 aliphatic heterocycles. The van der Waals surface area contributed by atoms with E-state index in [-0.39, 0.29) is 5.92 Å². The molecular weight excluding hydrogens is 220 g/mol. The van der Waals surface area contributed by atoms with E-state index in [1.165, 1.54) is 13.2 Å². The van der Waals surface area contributed by atoms with Crippen LogP contribution < -0.4 is 4.72 Å². The molecule has 15 heavy (non-hydrogen) atoms. The Hall–Kier alpha value is -1.13. The summed E-state index contributed by atoms with van der Waals surface area (Å²) < 4.78 is 29.0. The Labute approximate surface area is 89.3 Å². The molecule has 0 spiro atoms. The van der Waals surface area contributed by atoms with Crippen LogP contribution in [-0.2, 0) is 19.6 Å². The minimum Gasteiger partial charge on any atom is -0.468 e. The van der Waals surface area contributed by atoms with Crippen molar-refractivity contribution in [1.82, 2.24) is 4.72 Å². The summed E-state index contributed by atoms with van der Waals surface area (Å²) in [6.07, 6.45) is 0. The largest absolute Gasteiger partial charge is 0.468 e. The third-order valence-corrected chi connectivity index (χ3v) is 2.81. The molecule has 0 aromatic carbocycles. The summed E-state index contributed by atoms with van der Waals surface area (Å²) >= 11 is 0. The molecule has 0 aromatic heterocycles. The van der Waals surface area contributed by atoms with Crippen LogP contribution in [0.2, 0.25) is 0 Å². The first-order chi connectivity index (χ1) is 6.84. The van der Waals surface area contributed by atoms with Gasteiger partial charge >= 0.3 is 5.97 Å². The van der Waals surface area contributed by atoms with Gasteiger partial charge in [0.1, 0.15) is 6.04 Å². The Bertz CT molecular complexity index is 355. The van der Waals surface area contributed by atoms with E-state index in [1.54, 1.807) is 13.8 Å². The molecule has 6 nitrogen and oxygen atoms in total. The van der Waals surface area contributed by atoms with Crippen LogP contribution in [0.25, 0.3) is 0 Å². The van der Waals surface area contributed by atoms with Crippen LogP contribution in [0.5, 0.6) is 0 Å². The topological polar surface area (TPSA) is 96.3 Å². The van der Waals surface area contributed by atoms with Gasteiger partial charge in [-0.05, 0) is 5.92 Å². The zero-order valence-corrected chi connectivity index (χ0v) is 9.67. The molecule has 0 aliphatic rings. The van der Waals surface area contributed by atoms with Crippen molar-refractivity contribution in [2.45, 2.75) is 19.9 Å². The number of carbonyl (C=O) groups excluding carboxylic acids is 1. The van der Waals surface area contributed by atoms with Crippen molar-refractivity contribution in [3.05, 3.63) is 0 Å². The van der Waals surface area contributed by atoms with E-state index in [0.717, 1.165) is 0 Å². The Morgan fingerprint density at radius 3 is 2.40 bits per heavy atom. The highest BCUT2D eigenvalue weighted by atomic mass is 32.2. The molecule has 0 rings (SSSR count). The van der Waals surface area contributed by atoms with Gasteiger partial charge < -0.3 is 4.74 Å². The number of esters is 1. The van der Waals surface area contributed by atoms with Crippen LogP contribution in [0.3, 0.4) is 0 Å². The average Bonchev–Trinajstić information content (AvgIpc) is 2.12. The van der Waals surface area contributed by atoms with Crippen LogP contribution in [-0.4, -0.2) is 33.3 Å². The van der Waals surface area contributed by atoms with Gasteiger partial charge in [0, 0.05) is 0 Å². The Balaban J connectivity index is 4.72. The van der Waals surface area contributed by atoms with Gasteiger partial charge in [0.2, 0.25) is 10.0 Å². The fourth-order valence-corrected chi connectivity index (χ4v) is 1.91. The van der Waals surface area contributed by atoms with Gasteiger partial charge in [-0.25, -0.2) is 8.42 Å². The number of nitrogens with one attached hydrogen (secondary N) is 1. The van der Waals surface area contributed by atoms with Gasteiger partial charge in [-0.15, -0.1) is 0 Å². The van der Waals surface area contributed by atoms with Gasteiger partial charge in [0.05, 0.1) is 13.2 Å². The molecule has 0 aromatic rings. The molecule has 1 N–H and O–H groups in total. The standard InChI is InChI=1S/C8H14N2O4S/c1-6(2)7(8(11)14-3)10-15(12,13)5-4-9/h6-7,10H,5H2,1-3H3. The van der Waals surface area contributed by atoms with Crippen molar-refractivity contribution in [2.75, 3.05) is 12.9 Å². The van der Waals surface area contributed by atoms with Crippen molar-refractivity contribution in [3.8, 4) is 6.07 Å². The van der Waals surface area contributed by atoms with E-state index in [4.69, 9.17) is 5.26 Å². The maximum atomic E-state index is 11.2. The maximum absolute atomic E-state index is 11.2. The second-order valence-electron chi connectivity index (χ2n) is 3.28. The number of carbonyl (C=O) groups is 1. The molecule has 0 saturated heterocycles. The minimum absolute atomic E-state index is 0.245. The third-order valence-electron chi connectivity index (χ3n) is 1.68. The van der Waals surface area contributed by atoms with Crippen LogP contribution in [0.15, 0.2) is 0 Å². The normalized spacial score (nSPS) is 13.3. The number of nitriles is 1. The van der Waals surface area contributed by atoms with E-state index >= 15 is 0 Å². The van der Waals surface area contributed by atoms with Crippen LogP contribution >= 0.6 is 0 Å². The number of hydrogen-bond acceptors (Lipinski definition) is 5. The van der Waals surface area contributed by atoms with E-state index in [2.05, 4.69) is 9.46 Å². The zero-order valence-electron chi connectivity index (χ0n) is 8.85. The molecule has 1 atom stereocenters. The summed E-state index contributed by atoms with van der Waals surface area (Å²) in [5.74, 6) is -1.58. The van der Waals surface area contributed by atoms with Crippen LogP contribution in [0.4, 0.5) is 0 Å². The molecule has 7 heteroatoms. The first-order valence-corrected chi connectivity index (χ1v) is 5.94. The first-order valence-electron chi connectivity index (χ1n) is 4.29. The maximum Gasteiger partial charge on any atom is 0.324 e. The third kappa shape index (κ3) is 4.76. The second kappa shape index (κ2) is 5.68. The molecule has 86 valence electrons. The Morgan fingerprint density at radius 1 is 1.53 bits per heavy atom. The Morgan fingerprint density at radius 2 is 2.07 bits per heavy atom. The number of ether oxygens (including phenoxy) is 1. The van der Waals surface area contributed by atoms with E-state index in [9.17, 15) is 13.2 Å². The molecule has 0 aliphatic carbocycles. The summed E-state index contributed by atoms with van der Waals surface area (Å²) in [6.45, 7) is 3.35. The SMILES string of the molecule is COC(=O)C(NS(=O)(=O)CC#N)C(C)C. The number of hydrogen-bond donors (Lipinski definition) is 1. The second-order valence-corrected chi connectivity index (χ2v) is 5.03. The van der Waals surface area contributed by atoms with Crippen molar-refractivity contribution < 1.29 is 17.9 Å². The lowest BCUT2D eigenvalue weighted by Crippen LogP contribution is -2.45. The van der Waals surface area contributed by atoms with E-state index in [0.29, 0.717) is 0 Å². The zero-order chi connectivity index (χ0) is 12.1. The van der Waals surface area contributed by atoms with Crippen molar-refractivity contribution in [1.29, 1.82) is 5.26 Å². The van der Waals surface area contributed by atoms with Gasteiger partial charge in [-0.2, -0.15) is 9.98 Å². The highest BCUT2D eigenvalue weighted by Crippen LogP contribution is 2.05. The lowest BCUT2D eigenvalue weighted by Gasteiger charge is -2.18. The van der Waals surface area contributed by atoms with Gasteiger partial charge in [-0.3, -0.25) is 4.79 Å². The fraction of sp³-hybridized carbons (Fsp3) is 0.750. The first kappa shape index (κ1) is 13.9. The monoisotopic (exact) mass is 234 g/mol. The van der Waals surface area contributed by atoms with E-state index in [1.807, 2.05) is 0 Å². The smallest absolute Gasteiger partial charge is 0.324 e. The number of nitrogens with zero attached hydrogens (tertiary/aromatic N) is 1. The molecular formula is C8H14N2O4S. The number of sulfonamides is 1. The summed E-state index contributed by atoms with van der Waals surface area (Å²) in [5.41, 5.74) is 0. The molecule has 0 heterocycles. The fourth-order valence-electron chi connectivity index (χ4n) is 0.903. The number of rotatable bonds is 5. The summed E-state index contributed by atoms with van der Waals surface area (Å²) in [4.78, 5) is 11.2. The average molecular weight is 234 g/mol. The molecule has 0 amide bonds. The molecule has 1 unspecified atom stereocenters. The van der Waals surface area contributed by atoms with Crippen LogP contribution in [0, 0.1) is 17.2 Å². The minimum atomic E-state index is -3.74. The van der Waals surface area contributed by atoms with Crippen molar-refractivity contribution >= 4 is 16.0 Å². The van der Waals surface area contributed by atoms with Gasteiger partial charge in [0.15, 0.2) is 5.75 Å². The van der Waals surface area contributed by atoms with Crippen molar-refractivity contribution in [2.24, 2.45) is 5.92 Å². The number of methoxy groups -OCH3 is 1. The van der Waals surface area contributed by atoms with Gasteiger partial charge in [0.25, 0.3) is 0 Å². The predicted molar refractivity (Wildman–Crippen MR) is 53.2 cm³/mol.